The van der Waals surface area contributed by atoms with Crippen LogP contribution in [-0.4, -0.2) is 45.6 Å². The molecule has 0 aliphatic carbocycles. The summed E-state index contributed by atoms with van der Waals surface area (Å²) in [6.45, 7) is 5.43. The Morgan fingerprint density at radius 1 is 1.15 bits per heavy atom. The van der Waals surface area contributed by atoms with Gasteiger partial charge in [0.25, 0.3) is 0 Å². The first-order chi connectivity index (χ1) is 9.80. The van der Waals surface area contributed by atoms with Crippen LogP contribution in [0.2, 0.25) is 0 Å². The van der Waals surface area contributed by atoms with Gasteiger partial charge in [-0.15, -0.1) is 0 Å². The molecule has 5 nitrogen and oxygen atoms in total. The Hall–Kier alpha value is -1.17. The Morgan fingerprint density at radius 3 is 2.70 bits per heavy atom. The van der Waals surface area contributed by atoms with E-state index in [-0.39, 0.29) is 0 Å². The van der Waals surface area contributed by atoms with Gasteiger partial charge in [-0.1, -0.05) is 6.92 Å². The lowest BCUT2D eigenvalue weighted by Gasteiger charge is -2.10. The molecule has 0 aliphatic rings. The van der Waals surface area contributed by atoms with Crippen LogP contribution < -0.4 is 10.1 Å². The van der Waals surface area contributed by atoms with E-state index in [1.807, 2.05) is 13.1 Å². The first kappa shape index (κ1) is 16.9. The molecule has 0 bridgehead atoms. The average molecular weight is 282 g/mol. The van der Waals surface area contributed by atoms with E-state index in [1.54, 1.807) is 7.11 Å². The second-order valence-corrected chi connectivity index (χ2v) is 4.50. The Labute approximate surface area is 121 Å². The smallest absolute Gasteiger partial charge is 0.213 e. The molecule has 1 rings (SSSR count). The van der Waals surface area contributed by atoms with Crippen LogP contribution in [-0.2, 0) is 22.4 Å². The van der Waals surface area contributed by atoms with Crippen molar-refractivity contribution in [2.75, 3.05) is 40.6 Å². The number of nitrogens with zero attached hydrogens (tertiary/aromatic N) is 1. The second kappa shape index (κ2) is 10.6. The summed E-state index contributed by atoms with van der Waals surface area (Å²) in [7, 11) is 3.62. The first-order valence-electron chi connectivity index (χ1n) is 7.14. The Morgan fingerprint density at radius 2 is 2.00 bits per heavy atom. The summed E-state index contributed by atoms with van der Waals surface area (Å²) in [6.07, 6.45) is 1.81. The van der Waals surface area contributed by atoms with E-state index < -0.39 is 0 Å². The first-order valence-corrected chi connectivity index (χ1v) is 7.14. The largest absolute Gasteiger partial charge is 0.475 e. The number of pyridine rings is 1. The third-order valence-electron chi connectivity index (χ3n) is 2.77. The van der Waals surface area contributed by atoms with E-state index in [0.29, 0.717) is 25.7 Å². The topological polar surface area (TPSA) is 52.6 Å². The maximum Gasteiger partial charge on any atom is 0.213 e. The molecule has 5 heteroatoms. The molecule has 1 N–H and O–H groups in total. The predicted octanol–water partition coefficient (Wildman–Crippen LogP) is 1.80. The van der Waals surface area contributed by atoms with Gasteiger partial charge in [0.15, 0.2) is 0 Å². The van der Waals surface area contributed by atoms with Crippen molar-refractivity contribution in [1.82, 2.24) is 10.3 Å². The van der Waals surface area contributed by atoms with Gasteiger partial charge in [0.05, 0.1) is 6.61 Å². The summed E-state index contributed by atoms with van der Waals surface area (Å²) in [4.78, 5) is 4.46. The van der Waals surface area contributed by atoms with Gasteiger partial charge in [-0.3, -0.25) is 0 Å². The van der Waals surface area contributed by atoms with E-state index >= 15 is 0 Å². The lowest BCUT2D eigenvalue weighted by molar-refractivity contribution is 0.0795. The van der Waals surface area contributed by atoms with E-state index in [4.69, 9.17) is 14.2 Å². The van der Waals surface area contributed by atoms with Crippen molar-refractivity contribution in [3.05, 3.63) is 23.4 Å². The van der Waals surface area contributed by atoms with Gasteiger partial charge in [-0.25, -0.2) is 4.98 Å². The maximum atomic E-state index is 5.65. The summed E-state index contributed by atoms with van der Waals surface area (Å²) in [5.74, 6) is 0.676. The third kappa shape index (κ3) is 6.84. The van der Waals surface area contributed by atoms with Crippen LogP contribution in [0.4, 0.5) is 0 Å². The summed E-state index contributed by atoms with van der Waals surface area (Å²) < 4.78 is 16.0. The number of aryl methyl sites for hydroxylation is 1. The highest BCUT2D eigenvalue weighted by atomic mass is 16.5. The Balaban J connectivity index is 2.33. The van der Waals surface area contributed by atoms with Crippen molar-refractivity contribution in [2.45, 2.75) is 26.3 Å². The van der Waals surface area contributed by atoms with Crippen molar-refractivity contribution >= 4 is 0 Å². The molecule has 0 unspecified atom stereocenters. The molecular formula is C15H26N2O3. The van der Waals surface area contributed by atoms with Crippen molar-refractivity contribution in [2.24, 2.45) is 0 Å². The normalized spacial score (nSPS) is 10.8. The number of ether oxygens (including phenoxy) is 3. The number of hydrogen-bond donors (Lipinski definition) is 1. The SMILES string of the molecule is CCc1cc(CNC)cc(OCCOCCCOC)n1. The summed E-state index contributed by atoms with van der Waals surface area (Å²) >= 11 is 0. The highest BCUT2D eigenvalue weighted by Crippen LogP contribution is 2.13. The molecule has 0 aliphatic heterocycles. The quantitative estimate of drug-likeness (QED) is 0.627. The lowest BCUT2D eigenvalue weighted by atomic mass is 10.2. The lowest BCUT2D eigenvalue weighted by Crippen LogP contribution is -2.11. The molecule has 1 aromatic rings. The molecule has 1 aromatic heterocycles. The number of rotatable bonds is 11. The van der Waals surface area contributed by atoms with Gasteiger partial charge in [0.2, 0.25) is 5.88 Å². The van der Waals surface area contributed by atoms with Crippen molar-refractivity contribution < 1.29 is 14.2 Å². The van der Waals surface area contributed by atoms with Crippen LogP contribution in [0.1, 0.15) is 24.6 Å². The molecule has 0 atom stereocenters. The van der Waals surface area contributed by atoms with Gasteiger partial charge in [0.1, 0.15) is 6.61 Å². The number of aromatic nitrogens is 1. The van der Waals surface area contributed by atoms with Crippen LogP contribution >= 0.6 is 0 Å². The van der Waals surface area contributed by atoms with Gasteiger partial charge < -0.3 is 19.5 Å². The predicted molar refractivity (Wildman–Crippen MR) is 79.2 cm³/mol. The van der Waals surface area contributed by atoms with Crippen LogP contribution in [0.25, 0.3) is 0 Å². The third-order valence-corrected chi connectivity index (χ3v) is 2.77. The second-order valence-electron chi connectivity index (χ2n) is 4.50. The number of nitrogens with one attached hydrogen (secondary N) is 1. The van der Waals surface area contributed by atoms with Crippen molar-refractivity contribution in [3.63, 3.8) is 0 Å². The molecule has 114 valence electrons. The minimum atomic E-state index is 0.520. The zero-order valence-electron chi connectivity index (χ0n) is 12.8. The van der Waals surface area contributed by atoms with Gasteiger partial charge in [-0.2, -0.15) is 0 Å². The Bertz CT molecular complexity index is 372. The molecule has 1 heterocycles. The number of hydrogen-bond acceptors (Lipinski definition) is 5. The maximum absolute atomic E-state index is 5.65. The minimum absolute atomic E-state index is 0.520. The zero-order chi connectivity index (χ0) is 14.6. The van der Waals surface area contributed by atoms with E-state index in [1.165, 1.54) is 5.56 Å². The van der Waals surface area contributed by atoms with E-state index in [2.05, 4.69) is 23.3 Å². The van der Waals surface area contributed by atoms with Gasteiger partial charge >= 0.3 is 0 Å². The van der Waals surface area contributed by atoms with Crippen LogP contribution in [0, 0.1) is 0 Å². The van der Waals surface area contributed by atoms with Crippen molar-refractivity contribution in [3.8, 4) is 5.88 Å². The molecule has 0 amide bonds. The van der Waals surface area contributed by atoms with Crippen LogP contribution in [0.3, 0.4) is 0 Å². The molecule has 0 saturated heterocycles. The molecule has 20 heavy (non-hydrogen) atoms. The highest BCUT2D eigenvalue weighted by Gasteiger charge is 2.02. The van der Waals surface area contributed by atoms with E-state index in [0.717, 1.165) is 31.7 Å². The minimum Gasteiger partial charge on any atom is -0.475 e. The van der Waals surface area contributed by atoms with Crippen molar-refractivity contribution in [1.29, 1.82) is 0 Å². The monoisotopic (exact) mass is 282 g/mol. The number of methoxy groups -OCH3 is 1. The van der Waals surface area contributed by atoms with E-state index in [9.17, 15) is 0 Å². The van der Waals surface area contributed by atoms with Crippen LogP contribution in [0.5, 0.6) is 5.88 Å². The van der Waals surface area contributed by atoms with Gasteiger partial charge in [0, 0.05) is 38.6 Å². The fourth-order valence-corrected chi connectivity index (χ4v) is 1.79. The van der Waals surface area contributed by atoms with Crippen LogP contribution in [0.15, 0.2) is 12.1 Å². The molecule has 0 fully saturated rings. The Kier molecular flexibility index (Phi) is 8.95. The van der Waals surface area contributed by atoms with Gasteiger partial charge in [-0.05, 0) is 31.5 Å². The fourth-order valence-electron chi connectivity index (χ4n) is 1.79. The standard InChI is InChI=1S/C15H26N2O3/c1-4-14-10-13(12-16-2)11-15(17-14)20-9-8-19-7-5-6-18-3/h10-11,16H,4-9,12H2,1-3H3. The summed E-state index contributed by atoms with van der Waals surface area (Å²) in [5.41, 5.74) is 2.24. The summed E-state index contributed by atoms with van der Waals surface area (Å²) in [5, 5.41) is 3.14. The highest BCUT2D eigenvalue weighted by molar-refractivity contribution is 5.25. The summed E-state index contributed by atoms with van der Waals surface area (Å²) in [6, 6.07) is 4.07. The zero-order valence-corrected chi connectivity index (χ0v) is 12.8. The molecule has 0 radical (unpaired) electrons. The molecule has 0 saturated carbocycles. The fraction of sp³-hybridized carbons (Fsp3) is 0.667. The molecule has 0 spiro atoms. The molecular weight excluding hydrogens is 256 g/mol. The average Bonchev–Trinajstić information content (AvgIpc) is 2.46. The molecule has 0 aromatic carbocycles.